The standard InChI is InChI=1S/C33H45N3O9S3/c1-23-20-36(24(2)22-37)33(38)29-19-26(34-47(39,40)32-10-8-18-46-32)11-16-30(29)45-25(3)9-6-7-17-44-31(23)21-35(4)48(41,42)28-14-12-27(43-5)13-15-28/h8,10-16,18-19,23-25,31,34,37H,6-7,9,17,20-22H2,1-5H3/t23-,24-,25+,31-/m0/s1. The van der Waals surface area contributed by atoms with Gasteiger partial charge in [0, 0.05) is 38.3 Å². The Labute approximate surface area is 287 Å². The van der Waals surface area contributed by atoms with Crippen LogP contribution in [-0.4, -0.2) is 95.8 Å². The first-order valence-electron chi connectivity index (χ1n) is 15.8. The van der Waals surface area contributed by atoms with E-state index in [1.54, 1.807) is 42.6 Å². The summed E-state index contributed by atoms with van der Waals surface area (Å²) in [4.78, 5) is 15.9. The average Bonchev–Trinajstić information content (AvgIpc) is 3.62. The summed E-state index contributed by atoms with van der Waals surface area (Å²) in [5.41, 5.74) is 0.318. The van der Waals surface area contributed by atoms with Gasteiger partial charge in [-0.3, -0.25) is 9.52 Å². The molecule has 2 heterocycles. The molecule has 4 rings (SSSR count). The van der Waals surface area contributed by atoms with Gasteiger partial charge in [0.15, 0.2) is 0 Å². The number of nitrogens with zero attached hydrogens (tertiary/aromatic N) is 2. The number of methoxy groups -OCH3 is 1. The van der Waals surface area contributed by atoms with Gasteiger partial charge in [-0.1, -0.05) is 13.0 Å². The lowest BCUT2D eigenvalue weighted by Gasteiger charge is -2.35. The number of anilines is 1. The Hall–Kier alpha value is -3.21. The van der Waals surface area contributed by atoms with E-state index in [4.69, 9.17) is 14.2 Å². The summed E-state index contributed by atoms with van der Waals surface area (Å²) >= 11 is 1.08. The second kappa shape index (κ2) is 16.5. The van der Waals surface area contributed by atoms with Gasteiger partial charge < -0.3 is 24.2 Å². The molecule has 2 N–H and O–H groups in total. The minimum Gasteiger partial charge on any atom is -0.497 e. The molecule has 15 heteroatoms. The first-order valence-corrected chi connectivity index (χ1v) is 19.6. The summed E-state index contributed by atoms with van der Waals surface area (Å²) in [5, 5.41) is 11.9. The largest absolute Gasteiger partial charge is 0.497 e. The fraction of sp³-hybridized carbons (Fsp3) is 0.485. The van der Waals surface area contributed by atoms with Crippen LogP contribution in [0.15, 0.2) is 69.1 Å². The molecular weight excluding hydrogens is 679 g/mol. The van der Waals surface area contributed by atoms with Crippen molar-refractivity contribution >= 4 is 43.0 Å². The molecule has 1 aliphatic rings. The van der Waals surface area contributed by atoms with Crippen molar-refractivity contribution in [2.24, 2.45) is 5.92 Å². The lowest BCUT2D eigenvalue weighted by molar-refractivity contribution is -0.00833. The number of rotatable bonds is 10. The third-order valence-electron chi connectivity index (χ3n) is 8.27. The molecule has 0 unspecified atom stereocenters. The Kier molecular flexibility index (Phi) is 12.9. The zero-order valence-electron chi connectivity index (χ0n) is 27.9. The van der Waals surface area contributed by atoms with E-state index < -0.39 is 38.1 Å². The summed E-state index contributed by atoms with van der Waals surface area (Å²) in [6, 6.07) is 13.2. The number of likely N-dealkylation sites (N-methyl/N-ethyl adjacent to an activating group) is 1. The van der Waals surface area contributed by atoms with Crippen LogP contribution in [0.25, 0.3) is 0 Å². The molecule has 0 radical (unpaired) electrons. The number of nitrogens with one attached hydrogen (secondary N) is 1. The second-order valence-electron chi connectivity index (χ2n) is 12.0. The number of aliphatic hydroxyl groups is 1. The molecule has 0 spiro atoms. The van der Waals surface area contributed by atoms with Crippen LogP contribution < -0.4 is 14.2 Å². The van der Waals surface area contributed by atoms with Crippen LogP contribution in [0.2, 0.25) is 0 Å². The molecule has 264 valence electrons. The number of hydrogen-bond acceptors (Lipinski definition) is 10. The van der Waals surface area contributed by atoms with Gasteiger partial charge in [0.2, 0.25) is 10.0 Å². The van der Waals surface area contributed by atoms with Crippen molar-refractivity contribution in [3.05, 3.63) is 65.5 Å². The lowest BCUT2D eigenvalue weighted by atomic mass is 10.0. The Bertz CT molecular complexity index is 1720. The molecule has 0 fully saturated rings. The first kappa shape index (κ1) is 37.6. The molecule has 4 atom stereocenters. The van der Waals surface area contributed by atoms with E-state index in [2.05, 4.69) is 4.72 Å². The number of ether oxygens (including phenoxy) is 3. The molecular formula is C33H45N3O9S3. The molecule has 48 heavy (non-hydrogen) atoms. The highest BCUT2D eigenvalue weighted by Gasteiger charge is 2.32. The first-order chi connectivity index (χ1) is 22.8. The van der Waals surface area contributed by atoms with E-state index in [-0.39, 0.29) is 52.1 Å². The molecule has 3 aromatic rings. The predicted molar refractivity (Wildman–Crippen MR) is 185 cm³/mol. The van der Waals surface area contributed by atoms with Gasteiger partial charge in [-0.05, 0) is 87.0 Å². The van der Waals surface area contributed by atoms with Gasteiger partial charge in [-0.15, -0.1) is 11.3 Å². The van der Waals surface area contributed by atoms with Gasteiger partial charge >= 0.3 is 0 Å². The predicted octanol–water partition coefficient (Wildman–Crippen LogP) is 4.67. The van der Waals surface area contributed by atoms with Gasteiger partial charge in [-0.25, -0.2) is 16.8 Å². The molecule has 1 amide bonds. The molecule has 12 nitrogen and oxygen atoms in total. The molecule has 0 saturated carbocycles. The Morgan fingerprint density at radius 2 is 1.83 bits per heavy atom. The zero-order valence-corrected chi connectivity index (χ0v) is 30.3. The maximum absolute atomic E-state index is 14.3. The normalized spacial score (nSPS) is 20.8. The summed E-state index contributed by atoms with van der Waals surface area (Å²) in [5.74, 6) is -0.0128. The zero-order chi connectivity index (χ0) is 35.1. The van der Waals surface area contributed by atoms with Gasteiger partial charge in [0.05, 0.1) is 42.4 Å². The molecule has 0 saturated heterocycles. The van der Waals surface area contributed by atoms with Crippen molar-refractivity contribution in [3.63, 3.8) is 0 Å². The highest BCUT2D eigenvalue weighted by molar-refractivity contribution is 7.94. The van der Waals surface area contributed by atoms with Crippen LogP contribution in [0.4, 0.5) is 5.69 Å². The van der Waals surface area contributed by atoms with Crippen LogP contribution >= 0.6 is 11.3 Å². The SMILES string of the molecule is COc1ccc(S(=O)(=O)N(C)C[C@@H]2OCCCC[C@@H](C)Oc3ccc(NS(=O)(=O)c4cccs4)cc3C(=O)N([C@@H](C)CO)C[C@@H]2C)cc1. The quantitative estimate of drug-likeness (QED) is 0.304. The van der Waals surface area contributed by atoms with Crippen molar-refractivity contribution < 1.29 is 40.9 Å². The average molecular weight is 724 g/mol. The number of hydrogen-bond donors (Lipinski definition) is 2. The number of thiophene rings is 1. The van der Waals surface area contributed by atoms with Crippen LogP contribution in [0.1, 0.15) is 50.4 Å². The van der Waals surface area contributed by atoms with Crippen molar-refractivity contribution in [1.29, 1.82) is 0 Å². The molecule has 0 aliphatic carbocycles. The number of fused-ring (bicyclic) bond motifs is 1. The maximum Gasteiger partial charge on any atom is 0.271 e. The van der Waals surface area contributed by atoms with Gasteiger partial charge in [0.25, 0.3) is 15.9 Å². The summed E-state index contributed by atoms with van der Waals surface area (Å²) in [6.07, 6.45) is 1.26. The number of carbonyl (C=O) groups is 1. The molecule has 0 bridgehead atoms. The minimum absolute atomic E-state index is 0.0236. The number of amides is 1. The van der Waals surface area contributed by atoms with Crippen molar-refractivity contribution in [3.8, 4) is 11.5 Å². The van der Waals surface area contributed by atoms with E-state index in [1.807, 2.05) is 13.8 Å². The summed E-state index contributed by atoms with van der Waals surface area (Å²) in [6.45, 7) is 5.65. The van der Waals surface area contributed by atoms with E-state index in [0.717, 1.165) is 17.8 Å². The Balaban J connectivity index is 1.66. The monoisotopic (exact) mass is 723 g/mol. The second-order valence-corrected chi connectivity index (χ2v) is 16.9. The highest BCUT2D eigenvalue weighted by Crippen LogP contribution is 2.30. The third-order valence-corrected chi connectivity index (χ3v) is 12.9. The number of aliphatic hydroxyl groups excluding tert-OH is 1. The highest BCUT2D eigenvalue weighted by atomic mass is 32.2. The summed E-state index contributed by atoms with van der Waals surface area (Å²) < 4.78 is 74.6. The van der Waals surface area contributed by atoms with E-state index in [1.165, 1.54) is 47.6 Å². The van der Waals surface area contributed by atoms with E-state index >= 15 is 0 Å². The number of sulfonamides is 2. The third kappa shape index (κ3) is 9.27. The van der Waals surface area contributed by atoms with Gasteiger partial charge in [0.1, 0.15) is 15.7 Å². The van der Waals surface area contributed by atoms with E-state index in [9.17, 15) is 26.7 Å². The number of benzene rings is 2. The van der Waals surface area contributed by atoms with Crippen molar-refractivity contribution in [1.82, 2.24) is 9.21 Å². The van der Waals surface area contributed by atoms with Crippen LogP contribution in [0, 0.1) is 5.92 Å². The maximum atomic E-state index is 14.3. The topological polar surface area (TPSA) is 152 Å². The molecule has 1 aromatic heterocycles. The Morgan fingerprint density at radius 3 is 2.48 bits per heavy atom. The van der Waals surface area contributed by atoms with Crippen LogP contribution in [0.3, 0.4) is 0 Å². The fourth-order valence-corrected chi connectivity index (χ4v) is 8.58. The van der Waals surface area contributed by atoms with Crippen LogP contribution in [0.5, 0.6) is 11.5 Å². The van der Waals surface area contributed by atoms with Crippen molar-refractivity contribution in [2.45, 2.75) is 67.4 Å². The van der Waals surface area contributed by atoms with E-state index in [0.29, 0.717) is 30.9 Å². The smallest absolute Gasteiger partial charge is 0.271 e. The molecule has 1 aliphatic heterocycles. The van der Waals surface area contributed by atoms with Crippen molar-refractivity contribution in [2.75, 3.05) is 45.2 Å². The molecule has 2 aromatic carbocycles. The van der Waals surface area contributed by atoms with Crippen LogP contribution in [-0.2, 0) is 24.8 Å². The number of carbonyl (C=O) groups excluding carboxylic acids is 1. The van der Waals surface area contributed by atoms with Gasteiger partial charge in [-0.2, -0.15) is 4.31 Å². The lowest BCUT2D eigenvalue weighted by Crippen LogP contribution is -2.48. The fourth-order valence-electron chi connectivity index (χ4n) is 5.35. The summed E-state index contributed by atoms with van der Waals surface area (Å²) in [7, 11) is -4.76. The minimum atomic E-state index is -3.89. The Morgan fingerprint density at radius 1 is 1.10 bits per heavy atom.